The van der Waals surface area contributed by atoms with Crippen LogP contribution in [0.3, 0.4) is 0 Å². The van der Waals surface area contributed by atoms with Gasteiger partial charge in [-0.15, -0.1) is 0 Å². The quantitative estimate of drug-likeness (QED) is 0.369. The van der Waals surface area contributed by atoms with Crippen molar-refractivity contribution >= 4 is 9.76 Å². The molecule has 0 aliphatic carbocycles. The molecular formula is C7H10O2Si. The van der Waals surface area contributed by atoms with E-state index in [1.807, 2.05) is 36.9 Å². The van der Waals surface area contributed by atoms with Crippen molar-refractivity contribution < 1.29 is 9.46 Å². The molecule has 0 amide bonds. The second-order valence-electron chi connectivity index (χ2n) is 1.80. The molecule has 0 heterocycles. The molecule has 0 atom stereocenters. The minimum absolute atomic E-state index is 0.452. The van der Waals surface area contributed by atoms with Gasteiger partial charge in [-0.3, -0.25) is 0 Å². The van der Waals surface area contributed by atoms with Gasteiger partial charge in [-0.25, -0.2) is 4.58 Å². The summed E-state index contributed by atoms with van der Waals surface area (Å²) in [5, 5.41) is 0. The lowest BCUT2D eigenvalue weighted by Crippen LogP contribution is -1.97. The van der Waals surface area contributed by atoms with Crippen molar-refractivity contribution in [1.82, 2.24) is 0 Å². The van der Waals surface area contributed by atoms with Gasteiger partial charge in [0, 0.05) is 0 Å². The smallest absolute Gasteiger partial charge is 0.221 e. The highest BCUT2D eigenvalue weighted by Gasteiger charge is 1.87. The Morgan fingerprint density at radius 2 is 1.90 bits per heavy atom. The summed E-state index contributed by atoms with van der Waals surface area (Å²) in [5.74, 6) is 0.775. The lowest BCUT2D eigenvalue weighted by Gasteiger charge is -2.00. The highest BCUT2D eigenvalue weighted by molar-refractivity contribution is 6.24. The van der Waals surface area contributed by atoms with Gasteiger partial charge < -0.3 is 4.89 Å². The topological polar surface area (TPSA) is 18.5 Å². The first-order chi connectivity index (χ1) is 4.93. The molecule has 0 unspecified atom stereocenters. The van der Waals surface area contributed by atoms with Crippen LogP contribution in [0.2, 0.25) is 6.55 Å². The summed E-state index contributed by atoms with van der Waals surface area (Å²) in [6, 6.07) is 9.50. The standard InChI is InChI=1S/C7H10O2Si/c1-10-9-8-7-5-3-2-4-6-7/h2-6H,10H2,1H3. The number of benzene rings is 1. The van der Waals surface area contributed by atoms with Crippen LogP contribution in [0.25, 0.3) is 0 Å². The molecule has 0 saturated heterocycles. The van der Waals surface area contributed by atoms with Gasteiger partial charge in [-0.1, -0.05) is 18.2 Å². The number of para-hydroxylation sites is 1. The van der Waals surface area contributed by atoms with Crippen LogP contribution in [0.4, 0.5) is 0 Å². The van der Waals surface area contributed by atoms with E-state index in [4.69, 9.17) is 9.46 Å². The number of hydrogen-bond donors (Lipinski definition) is 0. The van der Waals surface area contributed by atoms with E-state index < -0.39 is 9.76 Å². The van der Waals surface area contributed by atoms with E-state index in [0.29, 0.717) is 0 Å². The van der Waals surface area contributed by atoms with Crippen LogP contribution in [-0.2, 0) is 4.58 Å². The Morgan fingerprint density at radius 3 is 2.50 bits per heavy atom. The van der Waals surface area contributed by atoms with Crippen LogP contribution in [0, 0.1) is 0 Å². The van der Waals surface area contributed by atoms with Gasteiger partial charge in [0.05, 0.1) is 0 Å². The Labute approximate surface area is 62.7 Å². The van der Waals surface area contributed by atoms with Gasteiger partial charge in [0.2, 0.25) is 9.76 Å². The lowest BCUT2D eigenvalue weighted by molar-refractivity contribution is -0.0983. The van der Waals surface area contributed by atoms with E-state index in [9.17, 15) is 0 Å². The van der Waals surface area contributed by atoms with Crippen LogP contribution in [0.1, 0.15) is 0 Å². The van der Waals surface area contributed by atoms with E-state index >= 15 is 0 Å². The zero-order valence-corrected chi connectivity index (χ0v) is 7.32. The zero-order valence-electron chi connectivity index (χ0n) is 5.91. The predicted molar refractivity (Wildman–Crippen MR) is 42.6 cm³/mol. The molecule has 1 aromatic rings. The van der Waals surface area contributed by atoms with E-state index in [-0.39, 0.29) is 0 Å². The maximum absolute atomic E-state index is 4.92. The largest absolute Gasteiger partial charge is 0.350 e. The van der Waals surface area contributed by atoms with Gasteiger partial charge in [-0.05, 0) is 18.7 Å². The normalized spacial score (nSPS) is 10.5. The van der Waals surface area contributed by atoms with Crippen molar-refractivity contribution in [3.63, 3.8) is 0 Å². The molecule has 0 saturated carbocycles. The third-order valence-corrected chi connectivity index (χ3v) is 1.37. The van der Waals surface area contributed by atoms with Crippen molar-refractivity contribution in [2.45, 2.75) is 6.55 Å². The molecule has 54 valence electrons. The molecule has 1 rings (SSSR count). The maximum atomic E-state index is 4.92. The van der Waals surface area contributed by atoms with Gasteiger partial charge in [-0.2, -0.15) is 0 Å². The number of hydrogen-bond acceptors (Lipinski definition) is 2. The molecule has 0 fully saturated rings. The van der Waals surface area contributed by atoms with Crippen LogP contribution in [0.5, 0.6) is 5.75 Å². The van der Waals surface area contributed by atoms with Gasteiger partial charge in [0.1, 0.15) is 0 Å². The minimum Gasteiger partial charge on any atom is -0.350 e. The van der Waals surface area contributed by atoms with Crippen molar-refractivity contribution in [3.8, 4) is 5.75 Å². The Bertz CT molecular complexity index is 176. The predicted octanol–water partition coefficient (Wildman–Crippen LogP) is 1.13. The fraction of sp³-hybridized carbons (Fsp3) is 0.143. The van der Waals surface area contributed by atoms with Crippen molar-refractivity contribution in [2.24, 2.45) is 0 Å². The maximum Gasteiger partial charge on any atom is 0.221 e. The fourth-order valence-electron chi connectivity index (χ4n) is 0.603. The van der Waals surface area contributed by atoms with Crippen LogP contribution in [0.15, 0.2) is 30.3 Å². The van der Waals surface area contributed by atoms with Crippen LogP contribution < -0.4 is 4.89 Å². The monoisotopic (exact) mass is 154 g/mol. The van der Waals surface area contributed by atoms with Crippen molar-refractivity contribution in [1.29, 1.82) is 0 Å². The Balaban J connectivity index is 2.43. The summed E-state index contributed by atoms with van der Waals surface area (Å²) in [7, 11) is -0.452. The van der Waals surface area contributed by atoms with E-state index in [0.717, 1.165) is 5.75 Å². The van der Waals surface area contributed by atoms with E-state index in [1.165, 1.54) is 0 Å². The lowest BCUT2D eigenvalue weighted by atomic mass is 10.3. The molecule has 0 spiro atoms. The summed E-state index contributed by atoms with van der Waals surface area (Å²) in [6.45, 7) is 2.02. The summed E-state index contributed by atoms with van der Waals surface area (Å²) in [5.41, 5.74) is 0. The van der Waals surface area contributed by atoms with E-state index in [1.54, 1.807) is 0 Å². The van der Waals surface area contributed by atoms with Gasteiger partial charge in [0.15, 0.2) is 5.75 Å². The van der Waals surface area contributed by atoms with Gasteiger partial charge >= 0.3 is 0 Å². The Morgan fingerprint density at radius 1 is 1.20 bits per heavy atom. The third-order valence-electron chi connectivity index (χ3n) is 1.02. The summed E-state index contributed by atoms with van der Waals surface area (Å²) >= 11 is 0. The summed E-state index contributed by atoms with van der Waals surface area (Å²) in [6.07, 6.45) is 0. The second kappa shape index (κ2) is 4.08. The van der Waals surface area contributed by atoms with Gasteiger partial charge in [0.25, 0.3) is 0 Å². The summed E-state index contributed by atoms with van der Waals surface area (Å²) < 4.78 is 4.86. The molecular weight excluding hydrogens is 144 g/mol. The minimum atomic E-state index is -0.452. The molecule has 0 aliphatic heterocycles. The van der Waals surface area contributed by atoms with E-state index in [2.05, 4.69) is 0 Å². The highest BCUT2D eigenvalue weighted by Crippen LogP contribution is 2.07. The first-order valence-electron chi connectivity index (χ1n) is 3.28. The molecule has 0 radical (unpaired) electrons. The molecule has 0 aromatic heterocycles. The molecule has 3 heteroatoms. The Hall–Kier alpha value is -0.803. The SMILES string of the molecule is C[SiH2]OOc1ccccc1. The molecule has 0 N–H and O–H groups in total. The van der Waals surface area contributed by atoms with Crippen molar-refractivity contribution in [3.05, 3.63) is 30.3 Å². The van der Waals surface area contributed by atoms with Crippen LogP contribution >= 0.6 is 0 Å². The molecule has 0 bridgehead atoms. The second-order valence-corrected chi connectivity index (χ2v) is 2.62. The first kappa shape index (κ1) is 7.31. The van der Waals surface area contributed by atoms with Crippen LogP contribution in [-0.4, -0.2) is 9.76 Å². The highest BCUT2D eigenvalue weighted by atomic mass is 28.2. The Kier molecular flexibility index (Phi) is 2.98. The average molecular weight is 154 g/mol. The average Bonchev–Trinajstić information content (AvgIpc) is 2.03. The van der Waals surface area contributed by atoms with Crippen molar-refractivity contribution in [2.75, 3.05) is 0 Å². The molecule has 1 aromatic carbocycles. The summed E-state index contributed by atoms with van der Waals surface area (Å²) in [4.78, 5) is 4.92. The fourth-order valence-corrected chi connectivity index (χ4v) is 0.857. The zero-order chi connectivity index (χ0) is 7.23. The molecule has 2 nitrogen and oxygen atoms in total. The molecule has 10 heavy (non-hydrogen) atoms. The molecule has 0 aliphatic rings. The first-order valence-corrected chi connectivity index (χ1v) is 5.27. The third kappa shape index (κ3) is 2.20. The number of rotatable bonds is 3.